The van der Waals surface area contributed by atoms with E-state index in [1.165, 1.54) is 0 Å². The Bertz CT molecular complexity index is 355. The van der Waals surface area contributed by atoms with Gasteiger partial charge in [0.2, 0.25) is 0 Å². The van der Waals surface area contributed by atoms with Crippen molar-refractivity contribution in [2.45, 2.75) is 31.6 Å². The van der Waals surface area contributed by atoms with E-state index in [9.17, 15) is 0 Å². The number of hydrogen-bond donors (Lipinski definition) is 0. The Kier molecular flexibility index (Phi) is 6.50. The molecule has 0 aliphatic rings. The molecule has 1 rings (SSSR count). The van der Waals surface area contributed by atoms with Crippen molar-refractivity contribution in [1.82, 2.24) is 0 Å². The quantitative estimate of drug-likeness (QED) is 0.540. The van der Waals surface area contributed by atoms with Gasteiger partial charge in [0.05, 0.1) is 19.1 Å². The SMILES string of the molecule is COc1ccc(C(C#N)CCCCCCl)cc1. The molecule has 0 amide bonds. The average Bonchev–Trinajstić information content (AvgIpc) is 2.39. The van der Waals surface area contributed by atoms with E-state index >= 15 is 0 Å². The van der Waals surface area contributed by atoms with E-state index in [-0.39, 0.29) is 5.92 Å². The highest BCUT2D eigenvalue weighted by atomic mass is 35.5. The minimum atomic E-state index is -0.0174. The lowest BCUT2D eigenvalue weighted by atomic mass is 9.94. The molecule has 0 aliphatic carbocycles. The fourth-order valence-electron chi connectivity index (χ4n) is 1.76. The lowest BCUT2D eigenvalue weighted by Crippen LogP contribution is -1.96. The molecular formula is C14H18ClNO. The second-order valence-corrected chi connectivity index (χ2v) is 4.37. The molecule has 92 valence electrons. The van der Waals surface area contributed by atoms with Crippen molar-refractivity contribution in [3.63, 3.8) is 0 Å². The molecule has 0 fully saturated rings. The van der Waals surface area contributed by atoms with Crippen LogP contribution in [0, 0.1) is 11.3 Å². The summed E-state index contributed by atoms with van der Waals surface area (Å²) < 4.78 is 5.10. The highest BCUT2D eigenvalue weighted by molar-refractivity contribution is 6.17. The van der Waals surface area contributed by atoms with Gasteiger partial charge in [0, 0.05) is 5.88 Å². The molecule has 3 heteroatoms. The summed E-state index contributed by atoms with van der Waals surface area (Å²) >= 11 is 5.62. The van der Waals surface area contributed by atoms with Gasteiger partial charge < -0.3 is 4.74 Å². The molecule has 1 unspecified atom stereocenters. The fourth-order valence-corrected chi connectivity index (χ4v) is 1.95. The topological polar surface area (TPSA) is 33.0 Å². The minimum Gasteiger partial charge on any atom is -0.497 e. The minimum absolute atomic E-state index is 0.0174. The summed E-state index contributed by atoms with van der Waals surface area (Å²) in [6.45, 7) is 0. The summed E-state index contributed by atoms with van der Waals surface area (Å²) in [6, 6.07) is 10.1. The van der Waals surface area contributed by atoms with Crippen molar-refractivity contribution in [2.24, 2.45) is 0 Å². The molecule has 0 spiro atoms. The van der Waals surface area contributed by atoms with Crippen LogP contribution in [0.2, 0.25) is 0 Å². The van der Waals surface area contributed by atoms with E-state index in [0.29, 0.717) is 5.88 Å². The van der Waals surface area contributed by atoms with Gasteiger partial charge in [-0.25, -0.2) is 0 Å². The van der Waals surface area contributed by atoms with Crippen molar-refractivity contribution < 1.29 is 4.74 Å². The molecule has 17 heavy (non-hydrogen) atoms. The van der Waals surface area contributed by atoms with Crippen molar-refractivity contribution in [3.8, 4) is 11.8 Å². The molecule has 0 heterocycles. The normalized spacial score (nSPS) is 11.8. The van der Waals surface area contributed by atoms with Crippen molar-refractivity contribution >= 4 is 11.6 Å². The molecule has 0 radical (unpaired) electrons. The van der Waals surface area contributed by atoms with E-state index in [4.69, 9.17) is 21.6 Å². The van der Waals surface area contributed by atoms with Crippen LogP contribution in [0.25, 0.3) is 0 Å². The lowest BCUT2D eigenvalue weighted by molar-refractivity contribution is 0.414. The molecule has 0 N–H and O–H groups in total. The highest BCUT2D eigenvalue weighted by Crippen LogP contribution is 2.23. The second kappa shape index (κ2) is 7.97. The van der Waals surface area contributed by atoms with E-state index in [0.717, 1.165) is 37.0 Å². The van der Waals surface area contributed by atoms with Gasteiger partial charge in [0.15, 0.2) is 0 Å². The van der Waals surface area contributed by atoms with E-state index in [1.807, 2.05) is 24.3 Å². The van der Waals surface area contributed by atoms with Gasteiger partial charge in [-0.2, -0.15) is 5.26 Å². The fraction of sp³-hybridized carbons (Fsp3) is 0.500. The van der Waals surface area contributed by atoms with Crippen LogP contribution in [0.15, 0.2) is 24.3 Å². The zero-order valence-corrected chi connectivity index (χ0v) is 10.9. The summed E-state index contributed by atoms with van der Waals surface area (Å²) in [4.78, 5) is 0. The van der Waals surface area contributed by atoms with Crippen LogP contribution in [0.4, 0.5) is 0 Å². The number of rotatable bonds is 7. The van der Waals surface area contributed by atoms with Gasteiger partial charge in [0.25, 0.3) is 0 Å². The molecule has 0 aliphatic heterocycles. The van der Waals surface area contributed by atoms with Crippen LogP contribution in [0.5, 0.6) is 5.75 Å². The molecular weight excluding hydrogens is 234 g/mol. The van der Waals surface area contributed by atoms with Gasteiger partial charge >= 0.3 is 0 Å². The average molecular weight is 252 g/mol. The van der Waals surface area contributed by atoms with E-state index in [2.05, 4.69) is 6.07 Å². The number of alkyl halides is 1. The largest absolute Gasteiger partial charge is 0.497 e. The molecule has 0 aromatic heterocycles. The van der Waals surface area contributed by atoms with Crippen molar-refractivity contribution in [1.29, 1.82) is 5.26 Å². The second-order valence-electron chi connectivity index (χ2n) is 3.99. The summed E-state index contributed by atoms with van der Waals surface area (Å²) in [5.41, 5.74) is 1.07. The van der Waals surface area contributed by atoms with Gasteiger partial charge in [-0.1, -0.05) is 25.0 Å². The third-order valence-corrected chi connectivity index (χ3v) is 3.07. The smallest absolute Gasteiger partial charge is 0.118 e. The first kappa shape index (κ1) is 13.9. The predicted octanol–water partition coefficient (Wildman–Crippen LogP) is 4.10. The zero-order chi connectivity index (χ0) is 12.5. The van der Waals surface area contributed by atoms with Crippen molar-refractivity contribution in [2.75, 3.05) is 13.0 Å². The number of benzene rings is 1. The summed E-state index contributed by atoms with van der Waals surface area (Å²) in [6.07, 6.45) is 4.08. The summed E-state index contributed by atoms with van der Waals surface area (Å²) in [5, 5.41) is 9.16. The molecule has 2 nitrogen and oxygen atoms in total. The number of hydrogen-bond acceptors (Lipinski definition) is 2. The number of halogens is 1. The predicted molar refractivity (Wildman–Crippen MR) is 70.5 cm³/mol. The number of ether oxygens (including phenoxy) is 1. The number of nitriles is 1. The maximum atomic E-state index is 9.16. The van der Waals surface area contributed by atoms with E-state index < -0.39 is 0 Å². The molecule has 1 aromatic rings. The maximum absolute atomic E-state index is 9.16. The third-order valence-electron chi connectivity index (χ3n) is 2.80. The Morgan fingerprint density at radius 2 is 1.94 bits per heavy atom. The first-order chi connectivity index (χ1) is 8.31. The molecule has 0 saturated carbocycles. The molecule has 1 atom stereocenters. The highest BCUT2D eigenvalue weighted by Gasteiger charge is 2.09. The Morgan fingerprint density at radius 1 is 1.24 bits per heavy atom. The standard InChI is InChI=1S/C14H18ClNO/c1-17-14-8-6-12(7-9-14)13(11-16)5-3-2-4-10-15/h6-9,13H,2-5,10H2,1H3. The Hall–Kier alpha value is -1.20. The first-order valence-electron chi connectivity index (χ1n) is 5.91. The molecule has 0 bridgehead atoms. The van der Waals surface area contributed by atoms with Crippen LogP contribution in [-0.4, -0.2) is 13.0 Å². The number of methoxy groups -OCH3 is 1. The van der Waals surface area contributed by atoms with Crippen LogP contribution < -0.4 is 4.74 Å². The number of unbranched alkanes of at least 4 members (excludes halogenated alkanes) is 2. The van der Waals surface area contributed by atoms with Crippen molar-refractivity contribution in [3.05, 3.63) is 29.8 Å². The lowest BCUT2D eigenvalue weighted by Gasteiger charge is -2.09. The molecule has 0 saturated heterocycles. The first-order valence-corrected chi connectivity index (χ1v) is 6.44. The van der Waals surface area contributed by atoms with Gasteiger partial charge in [-0.05, 0) is 30.5 Å². The van der Waals surface area contributed by atoms with Gasteiger partial charge in [-0.15, -0.1) is 11.6 Å². The summed E-state index contributed by atoms with van der Waals surface area (Å²) in [7, 11) is 1.64. The Morgan fingerprint density at radius 3 is 2.47 bits per heavy atom. The zero-order valence-electron chi connectivity index (χ0n) is 10.2. The van der Waals surface area contributed by atoms with Crippen LogP contribution >= 0.6 is 11.6 Å². The van der Waals surface area contributed by atoms with Crippen LogP contribution in [0.3, 0.4) is 0 Å². The van der Waals surface area contributed by atoms with E-state index in [1.54, 1.807) is 7.11 Å². The van der Waals surface area contributed by atoms with Gasteiger partial charge in [0.1, 0.15) is 5.75 Å². The monoisotopic (exact) mass is 251 g/mol. The Balaban J connectivity index is 2.51. The third kappa shape index (κ3) is 4.66. The van der Waals surface area contributed by atoms with Crippen LogP contribution in [0.1, 0.15) is 37.2 Å². The molecule has 1 aromatic carbocycles. The summed E-state index contributed by atoms with van der Waals surface area (Å²) in [5.74, 6) is 1.52. The Labute approximate surface area is 108 Å². The number of nitrogens with zero attached hydrogens (tertiary/aromatic N) is 1. The van der Waals surface area contributed by atoms with Crippen LogP contribution in [-0.2, 0) is 0 Å². The van der Waals surface area contributed by atoms with Gasteiger partial charge in [-0.3, -0.25) is 0 Å². The maximum Gasteiger partial charge on any atom is 0.118 e.